The number of hydrogen-bond acceptors (Lipinski definition) is 2. The molecule has 0 aliphatic heterocycles. The van der Waals surface area contributed by atoms with Gasteiger partial charge in [-0.3, -0.25) is 4.79 Å². The van der Waals surface area contributed by atoms with Crippen LogP contribution in [0.5, 0.6) is 5.75 Å². The SMILES string of the molecule is COc1ccc(C(=O)CC2CCCCC2)cc1Br. The zero-order chi connectivity index (χ0) is 13.0. The molecule has 3 heteroatoms. The van der Waals surface area contributed by atoms with E-state index in [1.165, 1.54) is 32.1 Å². The summed E-state index contributed by atoms with van der Waals surface area (Å²) in [6, 6.07) is 5.57. The quantitative estimate of drug-likeness (QED) is 0.759. The highest BCUT2D eigenvalue weighted by Gasteiger charge is 2.18. The molecule has 0 spiro atoms. The van der Waals surface area contributed by atoms with Crippen LogP contribution in [-0.2, 0) is 0 Å². The molecule has 98 valence electrons. The first-order chi connectivity index (χ1) is 8.70. The van der Waals surface area contributed by atoms with Gasteiger partial charge in [0, 0.05) is 12.0 Å². The predicted octanol–water partition coefficient (Wildman–Crippen LogP) is 4.61. The molecule has 1 saturated carbocycles. The Bertz CT molecular complexity index is 423. The van der Waals surface area contributed by atoms with Crippen molar-refractivity contribution in [1.29, 1.82) is 0 Å². The maximum atomic E-state index is 12.2. The maximum absolute atomic E-state index is 12.2. The second-order valence-corrected chi connectivity index (χ2v) is 5.83. The van der Waals surface area contributed by atoms with Gasteiger partial charge in [-0.25, -0.2) is 0 Å². The summed E-state index contributed by atoms with van der Waals surface area (Å²) in [6.07, 6.45) is 7.01. The van der Waals surface area contributed by atoms with Crippen molar-refractivity contribution in [2.24, 2.45) is 5.92 Å². The molecule has 0 radical (unpaired) electrons. The lowest BCUT2D eigenvalue weighted by Crippen LogP contribution is -2.12. The number of carbonyl (C=O) groups is 1. The van der Waals surface area contributed by atoms with Crippen LogP contribution in [0.4, 0.5) is 0 Å². The lowest BCUT2D eigenvalue weighted by atomic mass is 9.85. The van der Waals surface area contributed by atoms with Crippen molar-refractivity contribution in [3.8, 4) is 5.75 Å². The Labute approximate surface area is 117 Å². The molecule has 1 aliphatic rings. The smallest absolute Gasteiger partial charge is 0.163 e. The third kappa shape index (κ3) is 3.35. The largest absolute Gasteiger partial charge is 0.496 e. The number of halogens is 1. The van der Waals surface area contributed by atoms with Crippen LogP contribution in [0, 0.1) is 5.92 Å². The summed E-state index contributed by atoms with van der Waals surface area (Å²) in [5.41, 5.74) is 0.785. The van der Waals surface area contributed by atoms with Gasteiger partial charge < -0.3 is 4.74 Å². The molecule has 0 bridgehead atoms. The first-order valence-electron chi connectivity index (χ1n) is 6.57. The highest BCUT2D eigenvalue weighted by atomic mass is 79.9. The fourth-order valence-corrected chi connectivity index (χ4v) is 3.15. The summed E-state index contributed by atoms with van der Waals surface area (Å²) >= 11 is 3.42. The molecule has 0 heterocycles. The standard InChI is InChI=1S/C15H19BrO2/c1-18-15-8-7-12(10-13(15)16)14(17)9-11-5-3-2-4-6-11/h7-8,10-11H,2-6,9H2,1H3. The summed E-state index contributed by atoms with van der Waals surface area (Å²) in [4.78, 5) is 12.2. The molecule has 18 heavy (non-hydrogen) atoms. The second-order valence-electron chi connectivity index (χ2n) is 4.98. The molecule has 0 saturated heterocycles. The van der Waals surface area contributed by atoms with E-state index in [1.54, 1.807) is 7.11 Å². The van der Waals surface area contributed by atoms with Gasteiger partial charge in [0.25, 0.3) is 0 Å². The van der Waals surface area contributed by atoms with Crippen molar-refractivity contribution in [2.45, 2.75) is 38.5 Å². The van der Waals surface area contributed by atoms with E-state index in [0.29, 0.717) is 12.3 Å². The normalized spacial score (nSPS) is 16.6. The van der Waals surface area contributed by atoms with E-state index >= 15 is 0 Å². The third-order valence-electron chi connectivity index (χ3n) is 3.67. The third-order valence-corrected chi connectivity index (χ3v) is 4.29. The molecule has 1 fully saturated rings. The topological polar surface area (TPSA) is 26.3 Å². The molecule has 1 aromatic carbocycles. The minimum atomic E-state index is 0.255. The van der Waals surface area contributed by atoms with Crippen LogP contribution in [-0.4, -0.2) is 12.9 Å². The van der Waals surface area contributed by atoms with Crippen molar-refractivity contribution in [1.82, 2.24) is 0 Å². The number of hydrogen-bond donors (Lipinski definition) is 0. The van der Waals surface area contributed by atoms with Gasteiger partial charge in [-0.1, -0.05) is 32.1 Å². The monoisotopic (exact) mass is 310 g/mol. The minimum Gasteiger partial charge on any atom is -0.496 e. The van der Waals surface area contributed by atoms with Gasteiger partial charge in [0.1, 0.15) is 5.75 Å². The molecule has 1 aliphatic carbocycles. The van der Waals surface area contributed by atoms with Gasteiger partial charge >= 0.3 is 0 Å². The van der Waals surface area contributed by atoms with Crippen molar-refractivity contribution in [3.05, 3.63) is 28.2 Å². The van der Waals surface area contributed by atoms with Crippen LogP contribution >= 0.6 is 15.9 Å². The molecule has 2 rings (SSSR count). The van der Waals surface area contributed by atoms with Crippen LogP contribution in [0.1, 0.15) is 48.9 Å². The summed E-state index contributed by atoms with van der Waals surface area (Å²) in [7, 11) is 1.63. The van der Waals surface area contributed by atoms with Crippen LogP contribution in [0.15, 0.2) is 22.7 Å². The predicted molar refractivity (Wildman–Crippen MR) is 76.2 cm³/mol. The van der Waals surface area contributed by atoms with E-state index in [0.717, 1.165) is 15.8 Å². The summed E-state index contributed by atoms with van der Waals surface area (Å²) in [5, 5.41) is 0. The van der Waals surface area contributed by atoms with E-state index in [4.69, 9.17) is 4.74 Å². The van der Waals surface area contributed by atoms with Gasteiger partial charge in [0.05, 0.1) is 11.6 Å². The van der Waals surface area contributed by atoms with Gasteiger partial charge in [-0.15, -0.1) is 0 Å². The Balaban J connectivity index is 2.01. The van der Waals surface area contributed by atoms with Gasteiger partial charge in [-0.05, 0) is 40.0 Å². The van der Waals surface area contributed by atoms with Crippen molar-refractivity contribution < 1.29 is 9.53 Å². The van der Waals surface area contributed by atoms with Crippen molar-refractivity contribution in [2.75, 3.05) is 7.11 Å². The van der Waals surface area contributed by atoms with Crippen LogP contribution in [0.25, 0.3) is 0 Å². The Morgan fingerprint density at radius 1 is 1.33 bits per heavy atom. The molecular formula is C15H19BrO2. The average molecular weight is 311 g/mol. The highest BCUT2D eigenvalue weighted by Crippen LogP contribution is 2.30. The number of carbonyl (C=O) groups excluding carboxylic acids is 1. The van der Waals surface area contributed by atoms with E-state index in [9.17, 15) is 4.79 Å². The fraction of sp³-hybridized carbons (Fsp3) is 0.533. The number of benzene rings is 1. The fourth-order valence-electron chi connectivity index (χ4n) is 2.61. The van der Waals surface area contributed by atoms with Crippen molar-refractivity contribution in [3.63, 3.8) is 0 Å². The Morgan fingerprint density at radius 2 is 2.06 bits per heavy atom. The van der Waals surface area contributed by atoms with Gasteiger partial charge in [0.15, 0.2) is 5.78 Å². The van der Waals surface area contributed by atoms with E-state index < -0.39 is 0 Å². The van der Waals surface area contributed by atoms with E-state index in [1.807, 2.05) is 18.2 Å². The van der Waals surface area contributed by atoms with Crippen LogP contribution < -0.4 is 4.74 Å². The summed E-state index contributed by atoms with van der Waals surface area (Å²) < 4.78 is 6.02. The molecule has 1 aromatic rings. The van der Waals surface area contributed by atoms with Crippen LogP contribution in [0.3, 0.4) is 0 Å². The Kier molecular flexibility index (Phi) is 4.81. The molecule has 0 unspecified atom stereocenters. The Morgan fingerprint density at radius 3 is 2.67 bits per heavy atom. The first kappa shape index (κ1) is 13.6. The van der Waals surface area contributed by atoms with E-state index in [2.05, 4.69) is 15.9 Å². The highest BCUT2D eigenvalue weighted by molar-refractivity contribution is 9.10. The summed E-state index contributed by atoms with van der Waals surface area (Å²) in [5.74, 6) is 1.61. The Hall–Kier alpha value is -0.830. The number of methoxy groups -OCH3 is 1. The summed E-state index contributed by atoms with van der Waals surface area (Å²) in [6.45, 7) is 0. The number of rotatable bonds is 4. The van der Waals surface area contributed by atoms with E-state index in [-0.39, 0.29) is 5.78 Å². The molecule has 0 N–H and O–H groups in total. The molecule has 0 amide bonds. The molecule has 0 aromatic heterocycles. The zero-order valence-electron chi connectivity index (χ0n) is 10.7. The molecular weight excluding hydrogens is 292 g/mol. The van der Waals surface area contributed by atoms with Crippen LogP contribution in [0.2, 0.25) is 0 Å². The average Bonchev–Trinajstić information content (AvgIpc) is 2.39. The van der Waals surface area contributed by atoms with Gasteiger partial charge in [0.2, 0.25) is 0 Å². The lowest BCUT2D eigenvalue weighted by molar-refractivity contribution is 0.0950. The van der Waals surface area contributed by atoms with Gasteiger partial charge in [-0.2, -0.15) is 0 Å². The molecule has 2 nitrogen and oxygen atoms in total. The first-order valence-corrected chi connectivity index (χ1v) is 7.36. The zero-order valence-corrected chi connectivity index (χ0v) is 12.3. The van der Waals surface area contributed by atoms with Crippen molar-refractivity contribution >= 4 is 21.7 Å². The maximum Gasteiger partial charge on any atom is 0.163 e. The lowest BCUT2D eigenvalue weighted by Gasteiger charge is -2.20. The second kappa shape index (κ2) is 6.37. The number of ketones is 1. The minimum absolute atomic E-state index is 0.255. The number of Topliss-reactive ketones (excluding diaryl/α,β-unsaturated/α-hetero) is 1. The molecule has 0 atom stereocenters. The number of ether oxygens (including phenoxy) is 1.